The van der Waals surface area contributed by atoms with Crippen LogP contribution in [0.15, 0.2) is 29.4 Å². The molecule has 2 aromatic rings. The van der Waals surface area contributed by atoms with Crippen molar-refractivity contribution in [3.8, 4) is 0 Å². The van der Waals surface area contributed by atoms with Gasteiger partial charge >= 0.3 is 0 Å². The first-order chi connectivity index (χ1) is 7.24. The second-order valence-electron chi connectivity index (χ2n) is 3.12. The van der Waals surface area contributed by atoms with Gasteiger partial charge in [-0.2, -0.15) is 0 Å². The van der Waals surface area contributed by atoms with E-state index < -0.39 is 0 Å². The highest BCUT2D eigenvalue weighted by Crippen LogP contribution is 2.19. The van der Waals surface area contributed by atoms with Crippen LogP contribution in [0.25, 0.3) is 0 Å². The summed E-state index contributed by atoms with van der Waals surface area (Å²) in [5.41, 5.74) is 1.29. The zero-order valence-corrected chi connectivity index (χ0v) is 11.2. The Morgan fingerprint density at radius 1 is 1.33 bits per heavy atom. The molecule has 78 valence electrons. The monoisotopic (exact) mass is 331 g/mol. The molecule has 0 radical (unpaired) electrons. The molecule has 1 aromatic heterocycles. The third-order valence-corrected chi connectivity index (χ3v) is 3.50. The first-order valence-corrected chi connectivity index (χ1v) is 6.57. The number of hydrogen-bond donors (Lipinski definition) is 1. The van der Waals surface area contributed by atoms with Gasteiger partial charge in [0.15, 0.2) is 0 Å². The average Bonchev–Trinajstić information content (AvgIpc) is 2.64. The molecule has 0 atom stereocenters. The van der Waals surface area contributed by atoms with Gasteiger partial charge in [-0.15, -0.1) is 5.10 Å². The molecule has 5 heteroatoms. The molecule has 0 bridgehead atoms. The van der Waals surface area contributed by atoms with Crippen LogP contribution in [-0.2, 0) is 5.75 Å². The fraction of sp³-hybridized carbons (Fsp3) is 0.200. The number of aromatic nitrogens is 3. The first kappa shape index (κ1) is 10.9. The van der Waals surface area contributed by atoms with Gasteiger partial charge in [0.05, 0.1) is 0 Å². The predicted octanol–water partition coefficient (Wildman–Crippen LogP) is 3.01. The lowest BCUT2D eigenvalue weighted by Gasteiger charge is -1.98. The molecule has 1 N–H and O–H groups in total. The number of nitrogens with zero attached hydrogens (tertiary/aromatic N) is 2. The molecule has 0 spiro atoms. The first-order valence-electron chi connectivity index (χ1n) is 4.50. The van der Waals surface area contributed by atoms with Crippen LogP contribution < -0.4 is 0 Å². The van der Waals surface area contributed by atoms with Crippen LogP contribution in [0.2, 0.25) is 0 Å². The van der Waals surface area contributed by atoms with Crippen LogP contribution in [0.5, 0.6) is 0 Å². The fourth-order valence-electron chi connectivity index (χ4n) is 1.12. The molecule has 3 nitrogen and oxygen atoms in total. The highest BCUT2D eigenvalue weighted by atomic mass is 127. The molecule has 0 aliphatic heterocycles. The van der Waals surface area contributed by atoms with Crippen LogP contribution in [0.3, 0.4) is 0 Å². The summed E-state index contributed by atoms with van der Waals surface area (Å²) in [5.74, 6) is 1.77. The van der Waals surface area contributed by atoms with Gasteiger partial charge in [-0.25, -0.2) is 4.98 Å². The Labute approximate surface area is 106 Å². The number of aromatic amines is 1. The van der Waals surface area contributed by atoms with E-state index in [0.29, 0.717) is 0 Å². The van der Waals surface area contributed by atoms with E-state index in [1.54, 1.807) is 11.8 Å². The molecule has 0 amide bonds. The Morgan fingerprint density at radius 3 is 2.67 bits per heavy atom. The van der Waals surface area contributed by atoms with Crippen LogP contribution in [-0.4, -0.2) is 15.2 Å². The number of H-pyrrole nitrogens is 1. The second kappa shape index (κ2) is 4.98. The molecule has 0 saturated heterocycles. The van der Waals surface area contributed by atoms with Crippen molar-refractivity contribution < 1.29 is 0 Å². The lowest BCUT2D eigenvalue weighted by atomic mass is 10.2. The largest absolute Gasteiger partial charge is 0.262 e. The van der Waals surface area contributed by atoms with E-state index in [4.69, 9.17) is 0 Å². The number of nitrogens with one attached hydrogen (secondary N) is 1. The summed E-state index contributed by atoms with van der Waals surface area (Å²) < 4.78 is 1.26. The topological polar surface area (TPSA) is 41.6 Å². The Bertz CT molecular complexity index is 438. The lowest BCUT2D eigenvalue weighted by molar-refractivity contribution is 0.969. The molecule has 0 saturated carbocycles. The van der Waals surface area contributed by atoms with E-state index in [0.717, 1.165) is 16.7 Å². The van der Waals surface area contributed by atoms with Crippen molar-refractivity contribution in [1.82, 2.24) is 15.2 Å². The van der Waals surface area contributed by atoms with Crippen molar-refractivity contribution in [3.63, 3.8) is 0 Å². The van der Waals surface area contributed by atoms with Crippen molar-refractivity contribution in [2.45, 2.75) is 17.8 Å². The van der Waals surface area contributed by atoms with Crippen molar-refractivity contribution >= 4 is 34.4 Å². The summed E-state index contributed by atoms with van der Waals surface area (Å²) in [7, 11) is 0. The van der Waals surface area contributed by atoms with E-state index in [9.17, 15) is 0 Å². The highest BCUT2D eigenvalue weighted by molar-refractivity contribution is 14.1. The number of benzene rings is 1. The van der Waals surface area contributed by atoms with Crippen LogP contribution in [0.4, 0.5) is 0 Å². The maximum Gasteiger partial charge on any atom is 0.208 e. The minimum Gasteiger partial charge on any atom is -0.262 e. The summed E-state index contributed by atoms with van der Waals surface area (Å²) >= 11 is 3.95. The van der Waals surface area contributed by atoms with Gasteiger partial charge in [-0.3, -0.25) is 5.10 Å². The standard InChI is InChI=1S/C10H10IN3S/c1-7-12-10(14-13-7)15-6-8-2-4-9(11)5-3-8/h2-5H,6H2,1H3,(H,12,13,14). The molecule has 1 aromatic carbocycles. The molecular weight excluding hydrogens is 321 g/mol. The Balaban J connectivity index is 1.96. The van der Waals surface area contributed by atoms with Crippen molar-refractivity contribution in [2.75, 3.05) is 0 Å². The maximum absolute atomic E-state index is 4.24. The molecule has 1 heterocycles. The molecule has 15 heavy (non-hydrogen) atoms. The highest BCUT2D eigenvalue weighted by Gasteiger charge is 2.01. The Morgan fingerprint density at radius 2 is 2.07 bits per heavy atom. The quantitative estimate of drug-likeness (QED) is 0.694. The fourth-order valence-corrected chi connectivity index (χ4v) is 2.27. The summed E-state index contributed by atoms with van der Waals surface area (Å²) in [5, 5.41) is 7.72. The van der Waals surface area contributed by atoms with Gasteiger partial charge < -0.3 is 0 Å². The van der Waals surface area contributed by atoms with Crippen LogP contribution >= 0.6 is 34.4 Å². The van der Waals surface area contributed by atoms with Gasteiger partial charge in [-0.05, 0) is 47.2 Å². The minimum atomic E-state index is 0.811. The summed E-state index contributed by atoms with van der Waals surface area (Å²) in [6.07, 6.45) is 0. The number of halogens is 1. The zero-order valence-electron chi connectivity index (χ0n) is 8.20. The van der Waals surface area contributed by atoms with Crippen molar-refractivity contribution in [1.29, 1.82) is 0 Å². The van der Waals surface area contributed by atoms with Gasteiger partial charge in [0.2, 0.25) is 5.16 Å². The van der Waals surface area contributed by atoms with Gasteiger partial charge in [0.1, 0.15) is 5.82 Å². The number of thioether (sulfide) groups is 1. The summed E-state index contributed by atoms with van der Waals surface area (Å²) in [6, 6.07) is 8.49. The zero-order chi connectivity index (χ0) is 10.7. The predicted molar refractivity (Wildman–Crippen MR) is 69.8 cm³/mol. The van der Waals surface area contributed by atoms with Crippen LogP contribution in [0, 0.1) is 10.5 Å². The van der Waals surface area contributed by atoms with Gasteiger partial charge in [-0.1, -0.05) is 23.9 Å². The number of rotatable bonds is 3. The van der Waals surface area contributed by atoms with E-state index in [-0.39, 0.29) is 0 Å². The Kier molecular flexibility index (Phi) is 3.63. The summed E-state index contributed by atoms with van der Waals surface area (Å²) in [4.78, 5) is 4.24. The lowest BCUT2D eigenvalue weighted by Crippen LogP contribution is -1.82. The molecule has 0 aliphatic rings. The van der Waals surface area contributed by atoms with E-state index in [1.807, 2.05) is 6.92 Å². The van der Waals surface area contributed by atoms with E-state index >= 15 is 0 Å². The third-order valence-electron chi connectivity index (χ3n) is 1.86. The smallest absolute Gasteiger partial charge is 0.208 e. The van der Waals surface area contributed by atoms with Gasteiger partial charge in [0.25, 0.3) is 0 Å². The molecule has 0 aliphatic carbocycles. The second-order valence-corrected chi connectivity index (χ2v) is 5.31. The molecular formula is C10H10IN3S. The van der Waals surface area contributed by atoms with E-state index in [1.165, 1.54) is 9.13 Å². The van der Waals surface area contributed by atoms with Gasteiger partial charge in [0, 0.05) is 9.32 Å². The van der Waals surface area contributed by atoms with Crippen LogP contribution in [0.1, 0.15) is 11.4 Å². The van der Waals surface area contributed by atoms with Crippen molar-refractivity contribution in [3.05, 3.63) is 39.2 Å². The normalized spacial score (nSPS) is 10.5. The molecule has 0 fully saturated rings. The third kappa shape index (κ3) is 3.20. The van der Waals surface area contributed by atoms with Crippen molar-refractivity contribution in [2.24, 2.45) is 0 Å². The SMILES string of the molecule is Cc1nc(SCc2ccc(I)cc2)n[nH]1. The minimum absolute atomic E-state index is 0.811. The molecule has 0 unspecified atom stereocenters. The maximum atomic E-state index is 4.24. The Hall–Kier alpha value is -0.560. The molecule has 2 rings (SSSR count). The number of hydrogen-bond acceptors (Lipinski definition) is 3. The average molecular weight is 331 g/mol. The van der Waals surface area contributed by atoms with E-state index in [2.05, 4.69) is 62.0 Å². The summed E-state index contributed by atoms with van der Waals surface area (Å²) in [6.45, 7) is 1.90. The number of aryl methyl sites for hydroxylation is 1.